The number of esters is 1. The molecule has 0 saturated carbocycles. The third kappa shape index (κ3) is 4.12. The molecule has 4 nitrogen and oxygen atoms in total. The molecule has 0 bridgehead atoms. The van der Waals surface area contributed by atoms with E-state index in [2.05, 4.69) is 13.8 Å². The molecule has 5 heteroatoms. The Bertz CT molecular complexity index is 1210. The summed E-state index contributed by atoms with van der Waals surface area (Å²) in [5.41, 5.74) is 3.39. The van der Waals surface area contributed by atoms with E-state index in [1.807, 2.05) is 24.3 Å². The second kappa shape index (κ2) is 8.40. The second-order valence-electron chi connectivity index (χ2n) is 7.70. The molecular weight excluding hydrogens is 412 g/mol. The van der Waals surface area contributed by atoms with Crippen LogP contribution in [0.2, 0.25) is 5.02 Å². The number of ether oxygens (including phenoxy) is 2. The summed E-state index contributed by atoms with van der Waals surface area (Å²) in [6, 6.07) is 17.9. The van der Waals surface area contributed by atoms with E-state index in [1.165, 1.54) is 5.56 Å². The van der Waals surface area contributed by atoms with Crippen LogP contribution in [0.25, 0.3) is 6.08 Å². The van der Waals surface area contributed by atoms with E-state index in [0.717, 1.165) is 5.56 Å². The summed E-state index contributed by atoms with van der Waals surface area (Å²) < 4.78 is 11.4. The fourth-order valence-electron chi connectivity index (χ4n) is 3.39. The molecule has 0 fully saturated rings. The molecular formula is C26H21ClO4. The van der Waals surface area contributed by atoms with E-state index >= 15 is 0 Å². The number of ketones is 1. The quantitative estimate of drug-likeness (QED) is 0.264. The Hall–Kier alpha value is -3.37. The molecule has 3 aromatic rings. The molecule has 0 N–H and O–H groups in total. The van der Waals surface area contributed by atoms with Crippen molar-refractivity contribution in [3.8, 4) is 11.5 Å². The lowest BCUT2D eigenvalue weighted by Gasteiger charge is -2.10. The van der Waals surface area contributed by atoms with Gasteiger partial charge in [0, 0.05) is 5.56 Å². The zero-order valence-electron chi connectivity index (χ0n) is 17.4. The van der Waals surface area contributed by atoms with Gasteiger partial charge in [-0.25, -0.2) is 4.79 Å². The minimum Gasteiger partial charge on any atom is -0.452 e. The molecule has 0 radical (unpaired) electrons. The average Bonchev–Trinajstić information content (AvgIpc) is 3.07. The third-order valence-electron chi connectivity index (χ3n) is 5.23. The number of hydrogen-bond acceptors (Lipinski definition) is 4. The monoisotopic (exact) mass is 432 g/mol. The van der Waals surface area contributed by atoms with Crippen molar-refractivity contribution in [2.75, 3.05) is 0 Å². The summed E-state index contributed by atoms with van der Waals surface area (Å²) in [4.78, 5) is 25.3. The highest BCUT2D eigenvalue weighted by Gasteiger charge is 2.30. The summed E-state index contributed by atoms with van der Waals surface area (Å²) in [7, 11) is 0. The van der Waals surface area contributed by atoms with Crippen molar-refractivity contribution in [2.45, 2.75) is 26.7 Å². The maximum atomic E-state index is 12.8. The van der Waals surface area contributed by atoms with Gasteiger partial charge < -0.3 is 9.47 Å². The highest BCUT2D eigenvalue weighted by Crippen LogP contribution is 2.39. The van der Waals surface area contributed by atoms with Crippen LogP contribution in [0.3, 0.4) is 0 Å². The first-order valence-corrected chi connectivity index (χ1v) is 10.4. The van der Waals surface area contributed by atoms with Crippen LogP contribution in [0.1, 0.15) is 57.2 Å². The number of allylic oxidation sites excluding steroid dienone is 1. The predicted octanol–water partition coefficient (Wildman–Crippen LogP) is 6.61. The van der Waals surface area contributed by atoms with Crippen LogP contribution in [-0.4, -0.2) is 11.8 Å². The van der Waals surface area contributed by atoms with Gasteiger partial charge in [0.15, 0.2) is 5.76 Å². The van der Waals surface area contributed by atoms with Gasteiger partial charge in [0.25, 0.3) is 0 Å². The van der Waals surface area contributed by atoms with Gasteiger partial charge in [0.1, 0.15) is 11.5 Å². The zero-order valence-corrected chi connectivity index (χ0v) is 18.2. The number of halogens is 1. The lowest BCUT2D eigenvalue weighted by Crippen LogP contribution is -2.10. The normalized spacial score (nSPS) is 14.0. The Labute approximate surface area is 186 Å². The molecule has 0 atom stereocenters. The van der Waals surface area contributed by atoms with Crippen LogP contribution in [-0.2, 0) is 0 Å². The van der Waals surface area contributed by atoms with Crippen LogP contribution in [0.4, 0.5) is 0 Å². The van der Waals surface area contributed by atoms with Crippen LogP contribution >= 0.6 is 11.6 Å². The van der Waals surface area contributed by atoms with Gasteiger partial charge in [-0.2, -0.15) is 0 Å². The summed E-state index contributed by atoms with van der Waals surface area (Å²) in [6.45, 7) is 6.01. The number of carbonyl (C=O) groups excluding carboxylic acids is 2. The number of rotatable bonds is 4. The first-order chi connectivity index (χ1) is 14.8. The molecule has 0 unspecified atom stereocenters. The number of fused-ring (bicyclic) bond motifs is 1. The van der Waals surface area contributed by atoms with Crippen molar-refractivity contribution in [1.82, 2.24) is 0 Å². The highest BCUT2D eigenvalue weighted by atomic mass is 35.5. The Morgan fingerprint density at radius 1 is 1.03 bits per heavy atom. The third-order valence-corrected chi connectivity index (χ3v) is 5.56. The molecule has 3 aromatic carbocycles. The minimum atomic E-state index is -0.570. The fraction of sp³-hybridized carbons (Fsp3) is 0.154. The molecule has 1 heterocycles. The van der Waals surface area contributed by atoms with Crippen LogP contribution in [0, 0.1) is 6.92 Å². The molecule has 0 amide bonds. The van der Waals surface area contributed by atoms with E-state index in [9.17, 15) is 9.59 Å². The summed E-state index contributed by atoms with van der Waals surface area (Å²) in [6.07, 6.45) is 1.72. The van der Waals surface area contributed by atoms with Gasteiger partial charge in [-0.05, 0) is 54.3 Å². The summed E-state index contributed by atoms with van der Waals surface area (Å²) in [5, 5.41) is 0.312. The molecule has 156 valence electrons. The molecule has 0 spiro atoms. The van der Waals surface area contributed by atoms with E-state index < -0.39 is 5.97 Å². The Morgan fingerprint density at radius 2 is 1.74 bits per heavy atom. The smallest absolute Gasteiger partial charge is 0.345 e. The maximum Gasteiger partial charge on any atom is 0.345 e. The van der Waals surface area contributed by atoms with Crippen LogP contribution < -0.4 is 9.47 Å². The number of benzene rings is 3. The van der Waals surface area contributed by atoms with Gasteiger partial charge >= 0.3 is 5.97 Å². The summed E-state index contributed by atoms with van der Waals surface area (Å²) in [5.74, 6) is 0.627. The van der Waals surface area contributed by atoms with Crippen molar-refractivity contribution < 1.29 is 19.1 Å². The van der Waals surface area contributed by atoms with Crippen molar-refractivity contribution in [3.05, 3.63) is 99.3 Å². The first kappa shape index (κ1) is 20.9. The number of carbonyl (C=O) groups is 2. The van der Waals surface area contributed by atoms with Crippen LogP contribution in [0.5, 0.6) is 11.5 Å². The molecule has 31 heavy (non-hydrogen) atoms. The largest absolute Gasteiger partial charge is 0.452 e. The Morgan fingerprint density at radius 3 is 2.42 bits per heavy atom. The van der Waals surface area contributed by atoms with Gasteiger partial charge in [-0.3, -0.25) is 4.79 Å². The number of hydrogen-bond donors (Lipinski definition) is 0. The molecule has 1 aliphatic rings. The average molecular weight is 433 g/mol. The van der Waals surface area contributed by atoms with Crippen molar-refractivity contribution in [1.29, 1.82) is 0 Å². The van der Waals surface area contributed by atoms with E-state index in [4.69, 9.17) is 21.1 Å². The van der Waals surface area contributed by atoms with E-state index in [0.29, 0.717) is 33.6 Å². The van der Waals surface area contributed by atoms with Crippen LogP contribution in [0.15, 0.2) is 66.4 Å². The molecule has 0 aromatic heterocycles. The van der Waals surface area contributed by atoms with Crippen molar-refractivity contribution in [2.24, 2.45) is 0 Å². The molecule has 0 aliphatic carbocycles. The maximum absolute atomic E-state index is 12.8. The van der Waals surface area contributed by atoms with Gasteiger partial charge in [0.05, 0.1) is 16.1 Å². The highest BCUT2D eigenvalue weighted by molar-refractivity contribution is 6.33. The minimum absolute atomic E-state index is 0.199. The first-order valence-electron chi connectivity index (χ1n) is 9.99. The van der Waals surface area contributed by atoms with Crippen molar-refractivity contribution in [3.63, 3.8) is 0 Å². The standard InChI is InChI=1S/C26H21ClO4/c1-15(2)18-10-8-17(9-11-18)14-23-24(28)20-12-13-22(16(3)25(20)30-23)31-26(29)19-6-4-5-7-21(19)27/h4-15H,1-3H3/b23-14-. The summed E-state index contributed by atoms with van der Waals surface area (Å²) >= 11 is 6.08. The zero-order chi connectivity index (χ0) is 22.1. The topological polar surface area (TPSA) is 52.6 Å². The second-order valence-corrected chi connectivity index (χ2v) is 8.10. The van der Waals surface area contributed by atoms with E-state index in [-0.39, 0.29) is 17.1 Å². The van der Waals surface area contributed by atoms with E-state index in [1.54, 1.807) is 49.4 Å². The Balaban J connectivity index is 1.59. The lowest BCUT2D eigenvalue weighted by molar-refractivity contribution is 0.0733. The fourth-order valence-corrected chi connectivity index (χ4v) is 3.60. The molecule has 1 aliphatic heterocycles. The molecule has 4 rings (SSSR count). The number of Topliss-reactive ketones (excluding diaryl/α,β-unsaturated/α-hetero) is 1. The van der Waals surface area contributed by atoms with Gasteiger partial charge in [0.2, 0.25) is 5.78 Å². The lowest BCUT2D eigenvalue weighted by atomic mass is 10.0. The van der Waals surface area contributed by atoms with Crippen molar-refractivity contribution >= 4 is 29.4 Å². The van der Waals surface area contributed by atoms with Gasteiger partial charge in [-0.15, -0.1) is 0 Å². The van der Waals surface area contributed by atoms with Gasteiger partial charge in [-0.1, -0.05) is 61.8 Å². The Kier molecular flexibility index (Phi) is 5.66. The SMILES string of the molecule is Cc1c(OC(=O)c2ccccc2Cl)ccc2c1O/C(=C\c1ccc(C(C)C)cc1)C2=O. The predicted molar refractivity (Wildman–Crippen MR) is 121 cm³/mol. The molecule has 0 saturated heterocycles.